The Hall–Kier alpha value is -1.10. The molecule has 0 saturated carbocycles. The molecule has 1 N–H and O–H groups in total. The lowest BCUT2D eigenvalue weighted by molar-refractivity contribution is -0.200. The zero-order chi connectivity index (χ0) is 9.97. The Balaban J connectivity index is 1.90. The molecule has 2 amide bonds. The lowest BCUT2D eigenvalue weighted by Gasteiger charge is -2.27. The monoisotopic (exact) mass is 198 g/mol. The van der Waals surface area contributed by atoms with Crippen LogP contribution in [0.25, 0.3) is 0 Å². The lowest BCUT2D eigenvalue weighted by Crippen LogP contribution is -2.40. The molecule has 14 heavy (non-hydrogen) atoms. The van der Waals surface area contributed by atoms with E-state index in [4.69, 9.17) is 4.84 Å². The van der Waals surface area contributed by atoms with E-state index in [-0.39, 0.29) is 17.7 Å². The predicted octanol–water partition coefficient (Wildman–Crippen LogP) is -0.324. The fourth-order valence-electron chi connectivity index (χ4n) is 1.75. The summed E-state index contributed by atoms with van der Waals surface area (Å²) in [5.74, 6) is -0.316. The maximum atomic E-state index is 11.8. The second-order valence-corrected chi connectivity index (χ2v) is 3.69. The third-order valence-corrected chi connectivity index (χ3v) is 2.58. The Morgan fingerprint density at radius 1 is 1.50 bits per heavy atom. The van der Waals surface area contributed by atoms with E-state index in [0.717, 1.165) is 12.8 Å². The summed E-state index contributed by atoms with van der Waals surface area (Å²) in [6.07, 6.45) is 2.30. The summed E-state index contributed by atoms with van der Waals surface area (Å²) in [4.78, 5) is 27.9. The molecular formula is C9H14N2O3. The van der Waals surface area contributed by atoms with Crippen LogP contribution < -0.4 is 5.32 Å². The maximum absolute atomic E-state index is 11.8. The van der Waals surface area contributed by atoms with Gasteiger partial charge >= 0.3 is 0 Å². The highest BCUT2D eigenvalue weighted by Gasteiger charge is 2.32. The summed E-state index contributed by atoms with van der Waals surface area (Å²) in [5.41, 5.74) is 0. The van der Waals surface area contributed by atoms with Gasteiger partial charge in [0.2, 0.25) is 5.91 Å². The topological polar surface area (TPSA) is 58.6 Å². The number of rotatable bonds is 1. The molecule has 0 aliphatic carbocycles. The number of amides is 2. The summed E-state index contributed by atoms with van der Waals surface area (Å²) in [7, 11) is 0. The molecule has 0 spiro atoms. The van der Waals surface area contributed by atoms with Crippen LogP contribution in [0.4, 0.5) is 0 Å². The van der Waals surface area contributed by atoms with Gasteiger partial charge in [-0.15, -0.1) is 0 Å². The van der Waals surface area contributed by atoms with Gasteiger partial charge in [-0.25, -0.2) is 5.06 Å². The van der Waals surface area contributed by atoms with Crippen molar-refractivity contribution < 1.29 is 14.4 Å². The quantitative estimate of drug-likeness (QED) is 0.628. The van der Waals surface area contributed by atoms with Crippen molar-refractivity contribution in [2.45, 2.75) is 19.3 Å². The minimum atomic E-state index is -0.222. The van der Waals surface area contributed by atoms with E-state index < -0.39 is 0 Å². The normalized spacial score (nSPS) is 27.6. The molecule has 1 atom stereocenters. The summed E-state index contributed by atoms with van der Waals surface area (Å²) in [6.45, 7) is 1.72. The van der Waals surface area contributed by atoms with Crippen molar-refractivity contribution in [2.75, 3.05) is 19.7 Å². The van der Waals surface area contributed by atoms with Crippen molar-refractivity contribution in [3.8, 4) is 0 Å². The minimum Gasteiger partial charge on any atom is -0.355 e. The summed E-state index contributed by atoms with van der Waals surface area (Å²) < 4.78 is 0. The van der Waals surface area contributed by atoms with E-state index in [2.05, 4.69) is 5.32 Å². The molecule has 0 aromatic carbocycles. The van der Waals surface area contributed by atoms with Crippen LogP contribution in [0.5, 0.6) is 0 Å². The Bertz CT molecular complexity index is 248. The van der Waals surface area contributed by atoms with Crippen LogP contribution in [0.2, 0.25) is 0 Å². The van der Waals surface area contributed by atoms with Crippen LogP contribution in [0.3, 0.4) is 0 Å². The number of carbonyl (C=O) groups excluding carboxylic acids is 2. The first kappa shape index (κ1) is 9.45. The largest absolute Gasteiger partial charge is 0.355 e. The van der Waals surface area contributed by atoms with Crippen LogP contribution in [0.15, 0.2) is 0 Å². The zero-order valence-corrected chi connectivity index (χ0v) is 7.99. The first-order valence-corrected chi connectivity index (χ1v) is 4.98. The Morgan fingerprint density at radius 2 is 2.36 bits per heavy atom. The van der Waals surface area contributed by atoms with Gasteiger partial charge < -0.3 is 5.32 Å². The van der Waals surface area contributed by atoms with E-state index in [9.17, 15) is 9.59 Å². The molecule has 2 fully saturated rings. The minimum absolute atomic E-state index is 0.0413. The molecule has 0 aromatic heterocycles. The molecule has 0 aromatic rings. The van der Waals surface area contributed by atoms with Gasteiger partial charge in [-0.3, -0.25) is 14.4 Å². The van der Waals surface area contributed by atoms with E-state index >= 15 is 0 Å². The second kappa shape index (κ2) is 3.96. The Kier molecular flexibility index (Phi) is 2.67. The van der Waals surface area contributed by atoms with Crippen LogP contribution in [-0.2, 0) is 14.4 Å². The molecule has 0 radical (unpaired) electrons. The highest BCUT2D eigenvalue weighted by Crippen LogP contribution is 2.15. The molecule has 5 heteroatoms. The third-order valence-electron chi connectivity index (χ3n) is 2.58. The number of nitrogens with zero attached hydrogens (tertiary/aromatic N) is 1. The third kappa shape index (κ3) is 1.87. The summed E-state index contributed by atoms with van der Waals surface area (Å²) >= 11 is 0. The van der Waals surface area contributed by atoms with Crippen molar-refractivity contribution in [2.24, 2.45) is 5.92 Å². The molecule has 2 rings (SSSR count). The number of hydroxylamine groups is 2. The highest BCUT2D eigenvalue weighted by molar-refractivity contribution is 5.88. The summed E-state index contributed by atoms with van der Waals surface area (Å²) in [5, 5.41) is 4.06. The van der Waals surface area contributed by atoms with Gasteiger partial charge in [0.1, 0.15) is 0 Å². The molecule has 5 nitrogen and oxygen atoms in total. The van der Waals surface area contributed by atoms with Crippen molar-refractivity contribution in [3.63, 3.8) is 0 Å². The van der Waals surface area contributed by atoms with Crippen molar-refractivity contribution in [1.29, 1.82) is 0 Å². The van der Waals surface area contributed by atoms with Crippen LogP contribution in [0, 0.1) is 5.92 Å². The van der Waals surface area contributed by atoms with Crippen molar-refractivity contribution in [1.82, 2.24) is 10.4 Å². The molecule has 2 aliphatic heterocycles. The van der Waals surface area contributed by atoms with Crippen molar-refractivity contribution >= 4 is 11.8 Å². The molecule has 2 saturated heterocycles. The lowest BCUT2D eigenvalue weighted by atomic mass is 10.1. The van der Waals surface area contributed by atoms with E-state index in [1.165, 1.54) is 5.06 Å². The SMILES string of the molecule is O=C1CC(C(=O)N2CCCCO2)CN1. The van der Waals surface area contributed by atoms with Crippen LogP contribution in [0.1, 0.15) is 19.3 Å². The maximum Gasteiger partial charge on any atom is 0.251 e. The van der Waals surface area contributed by atoms with E-state index in [1.54, 1.807) is 0 Å². The van der Waals surface area contributed by atoms with Gasteiger partial charge in [0.15, 0.2) is 0 Å². The van der Waals surface area contributed by atoms with Gasteiger partial charge in [0.05, 0.1) is 12.5 Å². The van der Waals surface area contributed by atoms with Gasteiger partial charge in [0.25, 0.3) is 5.91 Å². The van der Waals surface area contributed by atoms with Crippen molar-refractivity contribution in [3.05, 3.63) is 0 Å². The molecule has 78 valence electrons. The average molecular weight is 198 g/mol. The number of hydrogen-bond acceptors (Lipinski definition) is 3. The molecule has 2 aliphatic rings. The fraction of sp³-hybridized carbons (Fsp3) is 0.778. The van der Waals surface area contributed by atoms with Crippen LogP contribution >= 0.6 is 0 Å². The molecular weight excluding hydrogens is 184 g/mol. The Labute approximate surface area is 82.3 Å². The van der Waals surface area contributed by atoms with Gasteiger partial charge in [-0.05, 0) is 12.8 Å². The van der Waals surface area contributed by atoms with E-state index in [0.29, 0.717) is 26.1 Å². The Morgan fingerprint density at radius 3 is 2.93 bits per heavy atom. The molecule has 2 heterocycles. The van der Waals surface area contributed by atoms with Gasteiger partial charge in [-0.1, -0.05) is 0 Å². The van der Waals surface area contributed by atoms with Gasteiger partial charge in [0, 0.05) is 19.5 Å². The molecule has 1 unspecified atom stereocenters. The predicted molar refractivity (Wildman–Crippen MR) is 48.0 cm³/mol. The molecule has 0 bridgehead atoms. The summed E-state index contributed by atoms with van der Waals surface area (Å²) in [6, 6.07) is 0. The average Bonchev–Trinajstić information content (AvgIpc) is 2.65. The van der Waals surface area contributed by atoms with Gasteiger partial charge in [-0.2, -0.15) is 0 Å². The van der Waals surface area contributed by atoms with E-state index in [1.807, 2.05) is 0 Å². The second-order valence-electron chi connectivity index (χ2n) is 3.69. The number of nitrogens with one attached hydrogen (secondary N) is 1. The first-order valence-electron chi connectivity index (χ1n) is 4.98. The highest BCUT2D eigenvalue weighted by atomic mass is 16.7. The fourth-order valence-corrected chi connectivity index (χ4v) is 1.75. The zero-order valence-electron chi connectivity index (χ0n) is 7.99. The van der Waals surface area contributed by atoms with Crippen LogP contribution in [-0.4, -0.2) is 36.6 Å². The number of hydrogen-bond donors (Lipinski definition) is 1. The smallest absolute Gasteiger partial charge is 0.251 e. The number of carbonyl (C=O) groups is 2. The standard InChI is InChI=1S/C9H14N2O3/c12-8-5-7(6-10-8)9(13)11-3-1-2-4-14-11/h7H,1-6H2,(H,10,12). The first-order chi connectivity index (χ1) is 6.77.